The van der Waals surface area contributed by atoms with Gasteiger partial charge in [0.1, 0.15) is 6.61 Å². The first-order chi connectivity index (χ1) is 7.70. The van der Waals surface area contributed by atoms with E-state index in [1.807, 2.05) is 4.90 Å². The lowest BCUT2D eigenvalue weighted by Crippen LogP contribution is -2.45. The summed E-state index contributed by atoms with van der Waals surface area (Å²) in [5.41, 5.74) is 5.71. The minimum Gasteiger partial charge on any atom is -0.378 e. The van der Waals surface area contributed by atoms with Crippen LogP contribution in [0.2, 0.25) is 0 Å². The van der Waals surface area contributed by atoms with E-state index in [0.717, 1.165) is 0 Å². The van der Waals surface area contributed by atoms with Crippen LogP contribution in [0.4, 0.5) is 8.78 Å². The van der Waals surface area contributed by atoms with Gasteiger partial charge < -0.3 is 20.1 Å². The molecule has 0 atom stereocenters. The monoisotopic (exact) mass is 365 g/mol. The van der Waals surface area contributed by atoms with E-state index in [9.17, 15) is 8.78 Å². The van der Waals surface area contributed by atoms with Crippen LogP contribution in [-0.4, -0.2) is 63.3 Å². The molecule has 1 aliphatic heterocycles. The molecule has 0 aromatic rings. The van der Waals surface area contributed by atoms with Gasteiger partial charge >= 0.3 is 0 Å². The molecule has 0 bridgehead atoms. The van der Waals surface area contributed by atoms with E-state index in [0.29, 0.717) is 38.8 Å². The molecule has 2 N–H and O–H groups in total. The first-order valence-electron chi connectivity index (χ1n) is 5.18. The fourth-order valence-electron chi connectivity index (χ4n) is 1.29. The molecule has 0 aromatic heterocycles. The molecule has 102 valence electrons. The zero-order valence-corrected chi connectivity index (χ0v) is 11.8. The molecule has 5 nitrogen and oxygen atoms in total. The molecule has 0 amide bonds. The summed E-state index contributed by atoms with van der Waals surface area (Å²) in [6.45, 7) is 2.62. The van der Waals surface area contributed by atoms with E-state index in [4.69, 9.17) is 10.5 Å². The number of alkyl halides is 2. The highest BCUT2D eigenvalue weighted by Gasteiger charge is 2.11. The van der Waals surface area contributed by atoms with Crippen LogP contribution >= 0.6 is 24.0 Å². The Bertz CT molecular complexity index is 226. The fraction of sp³-hybridized carbons (Fsp3) is 0.889. The molecule has 17 heavy (non-hydrogen) atoms. The molecule has 0 aliphatic carbocycles. The summed E-state index contributed by atoms with van der Waals surface area (Å²) in [4.78, 5) is 5.94. The van der Waals surface area contributed by atoms with Gasteiger partial charge in [-0.3, -0.25) is 4.99 Å². The zero-order chi connectivity index (χ0) is 11.8. The molecule has 0 spiro atoms. The van der Waals surface area contributed by atoms with Crippen LogP contribution in [0.5, 0.6) is 0 Å². The first-order valence-corrected chi connectivity index (χ1v) is 5.18. The molecule has 1 rings (SSSR count). The normalized spacial score (nSPS) is 17.1. The van der Waals surface area contributed by atoms with Crippen molar-refractivity contribution in [1.29, 1.82) is 0 Å². The zero-order valence-electron chi connectivity index (χ0n) is 9.48. The molecule has 1 saturated heterocycles. The van der Waals surface area contributed by atoms with Crippen molar-refractivity contribution >= 4 is 29.9 Å². The Kier molecular flexibility index (Phi) is 9.65. The van der Waals surface area contributed by atoms with Gasteiger partial charge in [-0.1, -0.05) is 0 Å². The Balaban J connectivity index is 0.00000256. The summed E-state index contributed by atoms with van der Waals surface area (Å²) < 4.78 is 33.2. The van der Waals surface area contributed by atoms with Gasteiger partial charge in [-0.15, -0.1) is 24.0 Å². The third-order valence-electron chi connectivity index (χ3n) is 2.09. The van der Waals surface area contributed by atoms with Gasteiger partial charge in [0.25, 0.3) is 6.43 Å². The van der Waals surface area contributed by atoms with E-state index in [1.54, 1.807) is 0 Å². The molecule has 1 fully saturated rings. The average molecular weight is 365 g/mol. The van der Waals surface area contributed by atoms with Crippen molar-refractivity contribution in [2.24, 2.45) is 10.7 Å². The van der Waals surface area contributed by atoms with Crippen LogP contribution in [0.15, 0.2) is 4.99 Å². The Morgan fingerprint density at radius 2 is 2.06 bits per heavy atom. The number of aliphatic imine (C=N–C) groups is 1. The van der Waals surface area contributed by atoms with E-state index in [1.165, 1.54) is 0 Å². The number of nitrogens with two attached hydrogens (primary N) is 1. The Labute approximate surface area is 116 Å². The average Bonchev–Trinajstić information content (AvgIpc) is 2.29. The van der Waals surface area contributed by atoms with E-state index < -0.39 is 13.0 Å². The van der Waals surface area contributed by atoms with Gasteiger partial charge in [0.2, 0.25) is 0 Å². The standard InChI is InChI=1S/C9H17F2N3O2.HI/c10-8(11)7-16-4-1-13-9(12)14-2-5-15-6-3-14;/h8H,1-7H2,(H2,12,13);1H. The molecule has 0 saturated carbocycles. The summed E-state index contributed by atoms with van der Waals surface area (Å²) >= 11 is 0. The maximum atomic E-state index is 11.7. The van der Waals surface area contributed by atoms with Crippen molar-refractivity contribution in [2.45, 2.75) is 6.43 Å². The number of guanidine groups is 1. The topological polar surface area (TPSA) is 60.1 Å². The molecule has 0 radical (unpaired) electrons. The van der Waals surface area contributed by atoms with Crippen LogP contribution in [0.3, 0.4) is 0 Å². The van der Waals surface area contributed by atoms with Crippen LogP contribution < -0.4 is 5.73 Å². The van der Waals surface area contributed by atoms with Gasteiger partial charge in [0.05, 0.1) is 26.4 Å². The molecule has 0 unspecified atom stereocenters. The Morgan fingerprint density at radius 1 is 1.41 bits per heavy atom. The minimum absolute atomic E-state index is 0. The number of halogens is 3. The smallest absolute Gasteiger partial charge is 0.261 e. The van der Waals surface area contributed by atoms with Crippen molar-refractivity contribution in [1.82, 2.24) is 4.90 Å². The van der Waals surface area contributed by atoms with Gasteiger partial charge in [-0.2, -0.15) is 0 Å². The second-order valence-corrected chi connectivity index (χ2v) is 3.31. The highest BCUT2D eigenvalue weighted by Crippen LogP contribution is 1.96. The highest BCUT2D eigenvalue weighted by atomic mass is 127. The lowest BCUT2D eigenvalue weighted by molar-refractivity contribution is 0.0205. The second-order valence-electron chi connectivity index (χ2n) is 3.31. The number of ether oxygens (including phenoxy) is 2. The summed E-state index contributed by atoms with van der Waals surface area (Å²) in [6, 6.07) is 0. The summed E-state index contributed by atoms with van der Waals surface area (Å²) in [5.74, 6) is 0.420. The van der Waals surface area contributed by atoms with Crippen LogP contribution in [0.25, 0.3) is 0 Å². The van der Waals surface area contributed by atoms with Crippen molar-refractivity contribution < 1.29 is 18.3 Å². The van der Waals surface area contributed by atoms with Gasteiger partial charge in [-0.25, -0.2) is 8.78 Å². The maximum absolute atomic E-state index is 11.7. The number of hydrogen-bond donors (Lipinski definition) is 1. The number of rotatable bonds is 5. The summed E-state index contributed by atoms with van der Waals surface area (Å²) in [5, 5.41) is 0. The van der Waals surface area contributed by atoms with Gasteiger partial charge in [0, 0.05) is 13.1 Å². The predicted molar refractivity (Wildman–Crippen MR) is 71.1 cm³/mol. The fourth-order valence-corrected chi connectivity index (χ4v) is 1.29. The predicted octanol–water partition coefficient (Wildman–Crippen LogP) is 0.533. The first kappa shape index (κ1) is 16.8. The van der Waals surface area contributed by atoms with Crippen molar-refractivity contribution in [3.63, 3.8) is 0 Å². The SMILES string of the molecule is I.NC(=NCCOCC(F)F)N1CCOCC1. The highest BCUT2D eigenvalue weighted by molar-refractivity contribution is 14.0. The molecule has 8 heteroatoms. The van der Waals surface area contributed by atoms with E-state index in [2.05, 4.69) is 9.73 Å². The third-order valence-corrected chi connectivity index (χ3v) is 2.09. The summed E-state index contributed by atoms with van der Waals surface area (Å²) in [6.07, 6.45) is -2.43. The Morgan fingerprint density at radius 3 is 2.65 bits per heavy atom. The van der Waals surface area contributed by atoms with Crippen molar-refractivity contribution in [2.75, 3.05) is 46.1 Å². The minimum atomic E-state index is -2.43. The second kappa shape index (κ2) is 9.77. The van der Waals surface area contributed by atoms with E-state index in [-0.39, 0.29) is 30.6 Å². The lowest BCUT2D eigenvalue weighted by atomic mass is 10.4. The molecule has 1 heterocycles. The van der Waals surface area contributed by atoms with E-state index >= 15 is 0 Å². The largest absolute Gasteiger partial charge is 0.378 e. The maximum Gasteiger partial charge on any atom is 0.261 e. The molecule has 1 aliphatic rings. The summed E-state index contributed by atoms with van der Waals surface area (Å²) in [7, 11) is 0. The third kappa shape index (κ3) is 7.66. The van der Waals surface area contributed by atoms with Crippen molar-refractivity contribution in [3.8, 4) is 0 Å². The van der Waals surface area contributed by atoms with Crippen molar-refractivity contribution in [3.05, 3.63) is 0 Å². The molecule has 0 aromatic carbocycles. The van der Waals surface area contributed by atoms with Gasteiger partial charge in [0.15, 0.2) is 5.96 Å². The molecular weight excluding hydrogens is 347 g/mol. The molecular formula is C9H18F2IN3O2. The van der Waals surface area contributed by atoms with Crippen LogP contribution in [-0.2, 0) is 9.47 Å². The number of hydrogen-bond acceptors (Lipinski definition) is 3. The van der Waals surface area contributed by atoms with Crippen LogP contribution in [0, 0.1) is 0 Å². The van der Waals surface area contributed by atoms with Crippen LogP contribution in [0.1, 0.15) is 0 Å². The quantitative estimate of drug-likeness (QED) is 0.334. The van der Waals surface area contributed by atoms with Gasteiger partial charge in [-0.05, 0) is 0 Å². The lowest BCUT2D eigenvalue weighted by Gasteiger charge is -2.27. The number of nitrogens with zero attached hydrogens (tertiary/aromatic N) is 2. The number of morpholine rings is 1. The Hall–Kier alpha value is -0.220.